The zero-order chi connectivity index (χ0) is 15.9. The van der Waals surface area contributed by atoms with E-state index in [0.29, 0.717) is 6.42 Å². The Labute approximate surface area is 125 Å². The Morgan fingerprint density at radius 2 is 1.81 bits per heavy atom. The minimum atomic E-state index is -1.08. The summed E-state index contributed by atoms with van der Waals surface area (Å²) in [7, 11) is 0. The quantitative estimate of drug-likeness (QED) is 0.687. The number of carboxylic acid groups (broad SMARTS) is 1. The summed E-state index contributed by atoms with van der Waals surface area (Å²) >= 11 is 0. The van der Waals surface area contributed by atoms with Crippen LogP contribution >= 0.6 is 0 Å². The third kappa shape index (κ3) is 5.19. The van der Waals surface area contributed by atoms with Crippen LogP contribution < -0.4 is 10.6 Å². The Hall–Kier alpha value is -1.88. The third-order valence-corrected chi connectivity index (χ3v) is 3.59. The molecule has 5 nitrogen and oxygen atoms in total. The van der Waals surface area contributed by atoms with Crippen molar-refractivity contribution in [3.05, 3.63) is 29.8 Å². The van der Waals surface area contributed by atoms with Gasteiger partial charge >= 0.3 is 5.97 Å². The van der Waals surface area contributed by atoms with Crippen molar-refractivity contribution in [2.24, 2.45) is 0 Å². The van der Waals surface area contributed by atoms with Gasteiger partial charge in [-0.15, -0.1) is 0 Å². The summed E-state index contributed by atoms with van der Waals surface area (Å²) in [5.41, 5.74) is 0.871. The van der Waals surface area contributed by atoms with Gasteiger partial charge in [-0.3, -0.25) is 14.9 Å². The number of anilines is 1. The van der Waals surface area contributed by atoms with Crippen molar-refractivity contribution < 1.29 is 14.7 Å². The molecule has 0 saturated heterocycles. The highest BCUT2D eigenvalue weighted by molar-refractivity contribution is 5.92. The number of hydrogen-bond donors (Lipinski definition) is 3. The summed E-state index contributed by atoms with van der Waals surface area (Å²) < 4.78 is 0. The average Bonchev–Trinajstić information content (AvgIpc) is 2.47. The molecule has 5 heteroatoms. The lowest BCUT2D eigenvalue weighted by Gasteiger charge is -2.24. The molecule has 0 fully saturated rings. The molecule has 0 saturated carbocycles. The van der Waals surface area contributed by atoms with Gasteiger partial charge in [0, 0.05) is 5.69 Å². The highest BCUT2D eigenvalue weighted by atomic mass is 16.4. The molecule has 0 spiro atoms. The first kappa shape index (κ1) is 17.2. The molecule has 0 aliphatic heterocycles. The smallest absolute Gasteiger partial charge is 0.323 e. The largest absolute Gasteiger partial charge is 0.480 e. The lowest BCUT2D eigenvalue weighted by Crippen LogP contribution is -2.51. The number of carbonyl (C=O) groups is 2. The highest BCUT2D eigenvalue weighted by Gasteiger charge is 2.30. The van der Waals surface area contributed by atoms with Crippen molar-refractivity contribution in [1.29, 1.82) is 0 Å². The van der Waals surface area contributed by atoms with Crippen LogP contribution in [-0.2, 0) is 16.0 Å². The topological polar surface area (TPSA) is 78.4 Å². The first-order valence-corrected chi connectivity index (χ1v) is 7.28. The van der Waals surface area contributed by atoms with Crippen molar-refractivity contribution >= 4 is 17.6 Å². The van der Waals surface area contributed by atoms with Gasteiger partial charge in [-0.25, -0.2) is 0 Å². The highest BCUT2D eigenvalue weighted by Crippen LogP contribution is 2.12. The van der Waals surface area contributed by atoms with Gasteiger partial charge in [-0.1, -0.05) is 32.4 Å². The lowest BCUT2D eigenvalue weighted by molar-refractivity contribution is -0.144. The lowest BCUT2D eigenvalue weighted by atomic mass is 9.99. The maximum Gasteiger partial charge on any atom is 0.323 e. The van der Waals surface area contributed by atoms with E-state index in [9.17, 15) is 9.59 Å². The molecule has 0 aromatic heterocycles. The molecule has 1 unspecified atom stereocenters. The van der Waals surface area contributed by atoms with Gasteiger partial charge in [0.05, 0.1) is 6.54 Å². The molecule has 1 atom stereocenters. The molecule has 0 aliphatic rings. The zero-order valence-electron chi connectivity index (χ0n) is 12.9. The molecular weight excluding hydrogens is 268 g/mol. The van der Waals surface area contributed by atoms with Crippen molar-refractivity contribution in [3.8, 4) is 0 Å². The van der Waals surface area contributed by atoms with Crippen LogP contribution in [0.2, 0.25) is 0 Å². The first-order chi connectivity index (χ1) is 9.91. The van der Waals surface area contributed by atoms with Crippen molar-refractivity contribution in [2.75, 3.05) is 11.9 Å². The second kappa shape index (κ2) is 7.78. The minimum absolute atomic E-state index is 0.0344. The van der Waals surface area contributed by atoms with Gasteiger partial charge in [0.25, 0.3) is 0 Å². The molecular formula is C16H24N2O3. The Bertz CT molecular complexity index is 485. The second-order valence-corrected chi connectivity index (χ2v) is 5.34. The summed E-state index contributed by atoms with van der Waals surface area (Å²) in [5, 5.41) is 14.7. The van der Waals surface area contributed by atoms with Crippen LogP contribution in [0.15, 0.2) is 24.3 Å². The molecule has 1 amide bonds. The standard InChI is InChI=1S/C16H24N2O3/c1-4-6-12-7-9-13(10-8-12)18-14(19)11-17-16(3,5-2)15(20)21/h7-10,17H,4-6,11H2,1-3H3,(H,18,19)(H,20,21). The number of carboxylic acids is 1. The average molecular weight is 292 g/mol. The number of carbonyl (C=O) groups excluding carboxylic acids is 1. The summed E-state index contributed by atoms with van der Waals surface area (Å²) in [6.07, 6.45) is 2.50. The Morgan fingerprint density at radius 3 is 2.29 bits per heavy atom. The third-order valence-electron chi connectivity index (χ3n) is 3.59. The number of rotatable bonds is 8. The van der Waals surface area contributed by atoms with E-state index in [4.69, 9.17) is 5.11 Å². The SMILES string of the molecule is CCCc1ccc(NC(=O)CNC(C)(CC)C(=O)O)cc1. The molecule has 1 rings (SSSR count). The Morgan fingerprint density at radius 1 is 1.19 bits per heavy atom. The first-order valence-electron chi connectivity index (χ1n) is 7.28. The number of hydrogen-bond acceptors (Lipinski definition) is 3. The van der Waals surface area contributed by atoms with E-state index in [1.807, 2.05) is 24.3 Å². The van der Waals surface area contributed by atoms with Crippen LogP contribution in [-0.4, -0.2) is 29.1 Å². The monoisotopic (exact) mass is 292 g/mol. The van der Waals surface area contributed by atoms with Crippen LogP contribution in [0.25, 0.3) is 0 Å². The van der Waals surface area contributed by atoms with Gasteiger partial charge in [-0.05, 0) is 37.5 Å². The maximum absolute atomic E-state index is 11.8. The van der Waals surface area contributed by atoms with Crippen molar-refractivity contribution in [3.63, 3.8) is 0 Å². The van der Waals surface area contributed by atoms with Gasteiger partial charge in [0.2, 0.25) is 5.91 Å². The maximum atomic E-state index is 11.8. The van der Waals surface area contributed by atoms with E-state index in [0.717, 1.165) is 18.5 Å². The minimum Gasteiger partial charge on any atom is -0.480 e. The van der Waals surface area contributed by atoms with E-state index < -0.39 is 11.5 Å². The molecule has 0 radical (unpaired) electrons. The molecule has 3 N–H and O–H groups in total. The summed E-state index contributed by atoms with van der Waals surface area (Å²) in [6, 6.07) is 7.69. The van der Waals surface area contributed by atoms with Gasteiger partial charge in [-0.2, -0.15) is 0 Å². The molecule has 0 bridgehead atoms. The fraction of sp³-hybridized carbons (Fsp3) is 0.500. The summed E-state index contributed by atoms with van der Waals surface area (Å²) in [5.74, 6) is -1.21. The Balaban J connectivity index is 2.52. The van der Waals surface area contributed by atoms with E-state index >= 15 is 0 Å². The predicted octanol–water partition coefficient (Wildman–Crippen LogP) is 2.42. The van der Waals surface area contributed by atoms with Gasteiger partial charge < -0.3 is 10.4 Å². The fourth-order valence-corrected chi connectivity index (χ4v) is 1.88. The number of aryl methyl sites for hydroxylation is 1. The van der Waals surface area contributed by atoms with Crippen molar-refractivity contribution in [1.82, 2.24) is 5.32 Å². The van der Waals surface area contributed by atoms with E-state index in [2.05, 4.69) is 17.6 Å². The summed E-state index contributed by atoms with van der Waals surface area (Å²) in [6.45, 7) is 5.43. The van der Waals surface area contributed by atoms with E-state index in [1.54, 1.807) is 13.8 Å². The van der Waals surface area contributed by atoms with Crippen LogP contribution in [0, 0.1) is 0 Å². The normalized spacial score (nSPS) is 13.5. The van der Waals surface area contributed by atoms with Gasteiger partial charge in [0.1, 0.15) is 5.54 Å². The van der Waals surface area contributed by atoms with E-state index in [-0.39, 0.29) is 12.5 Å². The molecule has 0 aliphatic carbocycles. The second-order valence-electron chi connectivity index (χ2n) is 5.34. The van der Waals surface area contributed by atoms with Gasteiger partial charge in [0.15, 0.2) is 0 Å². The zero-order valence-corrected chi connectivity index (χ0v) is 12.9. The molecule has 21 heavy (non-hydrogen) atoms. The van der Waals surface area contributed by atoms with Crippen molar-refractivity contribution in [2.45, 2.75) is 45.6 Å². The molecule has 0 heterocycles. The molecule has 1 aromatic rings. The number of benzene rings is 1. The number of nitrogens with one attached hydrogen (secondary N) is 2. The Kier molecular flexibility index (Phi) is 6.37. The fourth-order valence-electron chi connectivity index (χ4n) is 1.88. The summed E-state index contributed by atoms with van der Waals surface area (Å²) in [4.78, 5) is 23.0. The number of amides is 1. The molecule has 116 valence electrons. The van der Waals surface area contributed by atoms with Crippen LogP contribution in [0.4, 0.5) is 5.69 Å². The van der Waals surface area contributed by atoms with Crippen LogP contribution in [0.5, 0.6) is 0 Å². The number of aliphatic carboxylic acids is 1. The van der Waals surface area contributed by atoms with E-state index in [1.165, 1.54) is 5.56 Å². The predicted molar refractivity (Wildman–Crippen MR) is 83.4 cm³/mol. The van der Waals surface area contributed by atoms with Crippen LogP contribution in [0.1, 0.15) is 39.2 Å². The molecule has 1 aromatic carbocycles. The van der Waals surface area contributed by atoms with Crippen LogP contribution in [0.3, 0.4) is 0 Å².